The highest BCUT2D eigenvalue weighted by molar-refractivity contribution is 7.18. The van der Waals surface area contributed by atoms with Crippen molar-refractivity contribution in [3.8, 4) is 0 Å². The molecule has 0 bridgehead atoms. The summed E-state index contributed by atoms with van der Waals surface area (Å²) in [5.74, 6) is -0.192. The molecule has 2 aromatic rings. The smallest absolute Gasteiger partial charge is 0.323 e. The number of aromatic nitrogens is 2. The van der Waals surface area contributed by atoms with Crippen LogP contribution in [0, 0.1) is 13.8 Å². The van der Waals surface area contributed by atoms with E-state index < -0.39 is 5.97 Å². The standard InChI is InChI=1S/C11H13N3O2S/c1-6-7(2)17-11-9(6)10(12-5-13-11)14(3)4-8(15)16/h5H,4H2,1-3H3,(H,15,16). The Morgan fingerprint density at radius 1 is 1.47 bits per heavy atom. The molecule has 0 aliphatic heterocycles. The molecule has 2 rings (SSSR count). The molecule has 90 valence electrons. The summed E-state index contributed by atoms with van der Waals surface area (Å²) in [5, 5.41) is 9.77. The fourth-order valence-electron chi connectivity index (χ4n) is 1.73. The average molecular weight is 251 g/mol. The van der Waals surface area contributed by atoms with Crippen molar-refractivity contribution in [1.29, 1.82) is 0 Å². The lowest BCUT2D eigenvalue weighted by Crippen LogP contribution is -2.26. The van der Waals surface area contributed by atoms with E-state index in [9.17, 15) is 4.79 Å². The molecule has 0 fully saturated rings. The van der Waals surface area contributed by atoms with Gasteiger partial charge in [0.15, 0.2) is 0 Å². The van der Waals surface area contributed by atoms with E-state index in [1.165, 1.54) is 11.2 Å². The lowest BCUT2D eigenvalue weighted by atomic mass is 10.2. The second kappa shape index (κ2) is 4.29. The Labute approximate surface area is 103 Å². The Bertz CT molecular complexity index is 579. The van der Waals surface area contributed by atoms with E-state index in [4.69, 9.17) is 5.11 Å². The first-order valence-electron chi connectivity index (χ1n) is 5.14. The number of aliphatic carboxylic acids is 1. The number of thiophene rings is 1. The van der Waals surface area contributed by atoms with Gasteiger partial charge in [-0.2, -0.15) is 0 Å². The number of carbonyl (C=O) groups is 1. The number of fused-ring (bicyclic) bond motifs is 1. The maximum atomic E-state index is 10.7. The molecule has 6 heteroatoms. The molecule has 0 amide bonds. The first-order chi connectivity index (χ1) is 8.00. The van der Waals surface area contributed by atoms with E-state index in [2.05, 4.69) is 9.97 Å². The minimum atomic E-state index is -0.871. The molecule has 0 saturated carbocycles. The van der Waals surface area contributed by atoms with Crippen LogP contribution in [0.15, 0.2) is 6.33 Å². The van der Waals surface area contributed by atoms with Gasteiger partial charge in [0.25, 0.3) is 0 Å². The summed E-state index contributed by atoms with van der Waals surface area (Å²) in [7, 11) is 1.72. The highest BCUT2D eigenvalue weighted by Crippen LogP contribution is 2.33. The summed E-state index contributed by atoms with van der Waals surface area (Å²) in [4.78, 5) is 22.9. The number of carboxylic acids is 1. The van der Waals surface area contributed by atoms with E-state index in [1.54, 1.807) is 23.3 Å². The second-order valence-electron chi connectivity index (χ2n) is 3.91. The van der Waals surface area contributed by atoms with E-state index in [1.807, 2.05) is 13.8 Å². The number of hydrogen-bond donors (Lipinski definition) is 1. The number of hydrogen-bond acceptors (Lipinski definition) is 5. The van der Waals surface area contributed by atoms with Crippen LogP contribution in [0.2, 0.25) is 0 Å². The largest absolute Gasteiger partial charge is 0.480 e. The highest BCUT2D eigenvalue weighted by Gasteiger charge is 2.16. The summed E-state index contributed by atoms with van der Waals surface area (Å²) < 4.78 is 0. The number of aryl methyl sites for hydroxylation is 2. The van der Waals surface area contributed by atoms with Gasteiger partial charge in [-0.05, 0) is 19.4 Å². The van der Waals surface area contributed by atoms with Gasteiger partial charge in [-0.15, -0.1) is 11.3 Å². The zero-order valence-corrected chi connectivity index (χ0v) is 10.7. The van der Waals surface area contributed by atoms with Crippen LogP contribution in [0.3, 0.4) is 0 Å². The monoisotopic (exact) mass is 251 g/mol. The third kappa shape index (κ3) is 2.08. The zero-order valence-electron chi connectivity index (χ0n) is 9.89. The molecule has 0 atom stereocenters. The molecular weight excluding hydrogens is 238 g/mol. The summed E-state index contributed by atoms with van der Waals surface area (Å²) in [6.45, 7) is 3.97. The van der Waals surface area contributed by atoms with Crippen LogP contribution < -0.4 is 4.90 Å². The fraction of sp³-hybridized carbons (Fsp3) is 0.364. The Hall–Kier alpha value is -1.69. The van der Waals surface area contributed by atoms with Crippen molar-refractivity contribution in [3.05, 3.63) is 16.8 Å². The van der Waals surface area contributed by atoms with Gasteiger partial charge < -0.3 is 10.0 Å². The Kier molecular flexibility index (Phi) is 2.97. The Balaban J connectivity index is 2.57. The molecule has 17 heavy (non-hydrogen) atoms. The molecule has 2 heterocycles. The maximum absolute atomic E-state index is 10.7. The van der Waals surface area contributed by atoms with Crippen molar-refractivity contribution in [3.63, 3.8) is 0 Å². The lowest BCUT2D eigenvalue weighted by Gasteiger charge is -2.16. The first kappa shape index (κ1) is 11.8. The number of carboxylic acid groups (broad SMARTS) is 1. The maximum Gasteiger partial charge on any atom is 0.323 e. The summed E-state index contributed by atoms with van der Waals surface area (Å²) >= 11 is 1.60. The first-order valence-corrected chi connectivity index (χ1v) is 5.96. The van der Waals surface area contributed by atoms with Gasteiger partial charge >= 0.3 is 5.97 Å². The summed E-state index contributed by atoms with van der Waals surface area (Å²) in [5.41, 5.74) is 1.12. The third-order valence-corrected chi connectivity index (χ3v) is 3.79. The zero-order chi connectivity index (χ0) is 12.6. The third-order valence-electron chi connectivity index (χ3n) is 2.68. The van der Waals surface area contributed by atoms with Crippen LogP contribution in [0.4, 0.5) is 5.82 Å². The van der Waals surface area contributed by atoms with E-state index in [0.29, 0.717) is 5.82 Å². The van der Waals surface area contributed by atoms with Crippen LogP contribution in [-0.2, 0) is 4.79 Å². The van der Waals surface area contributed by atoms with Crippen molar-refractivity contribution in [2.24, 2.45) is 0 Å². The Morgan fingerprint density at radius 3 is 2.82 bits per heavy atom. The Morgan fingerprint density at radius 2 is 2.18 bits per heavy atom. The van der Waals surface area contributed by atoms with Gasteiger partial charge in [0, 0.05) is 11.9 Å². The lowest BCUT2D eigenvalue weighted by molar-refractivity contribution is -0.135. The average Bonchev–Trinajstić information content (AvgIpc) is 2.54. The minimum absolute atomic E-state index is 0.0690. The number of rotatable bonds is 3. The molecule has 0 saturated heterocycles. The normalized spacial score (nSPS) is 10.8. The van der Waals surface area contributed by atoms with Gasteiger partial charge in [0.05, 0.1) is 5.39 Å². The van der Waals surface area contributed by atoms with Crippen LogP contribution in [0.1, 0.15) is 10.4 Å². The highest BCUT2D eigenvalue weighted by atomic mass is 32.1. The molecular formula is C11H13N3O2S. The summed E-state index contributed by atoms with van der Waals surface area (Å²) in [6.07, 6.45) is 1.48. The molecule has 1 N–H and O–H groups in total. The van der Waals surface area contributed by atoms with Crippen molar-refractivity contribution >= 4 is 33.3 Å². The molecule has 0 radical (unpaired) electrons. The van der Waals surface area contributed by atoms with E-state index >= 15 is 0 Å². The van der Waals surface area contributed by atoms with Gasteiger partial charge in [0.1, 0.15) is 23.5 Å². The molecule has 0 unspecified atom stereocenters. The SMILES string of the molecule is Cc1sc2ncnc(N(C)CC(=O)O)c2c1C. The predicted molar refractivity (Wildman–Crippen MR) is 67.8 cm³/mol. The van der Waals surface area contributed by atoms with Crippen molar-refractivity contribution in [2.75, 3.05) is 18.5 Å². The van der Waals surface area contributed by atoms with Crippen molar-refractivity contribution < 1.29 is 9.90 Å². The van der Waals surface area contributed by atoms with Crippen LogP contribution in [0.5, 0.6) is 0 Å². The number of likely N-dealkylation sites (N-methyl/N-ethyl adjacent to an activating group) is 1. The van der Waals surface area contributed by atoms with Gasteiger partial charge in [-0.1, -0.05) is 0 Å². The van der Waals surface area contributed by atoms with Crippen molar-refractivity contribution in [2.45, 2.75) is 13.8 Å². The second-order valence-corrected chi connectivity index (χ2v) is 5.11. The molecule has 0 aliphatic carbocycles. The van der Waals surface area contributed by atoms with Gasteiger partial charge in [0.2, 0.25) is 0 Å². The molecule has 2 aromatic heterocycles. The van der Waals surface area contributed by atoms with Crippen LogP contribution >= 0.6 is 11.3 Å². The van der Waals surface area contributed by atoms with Gasteiger partial charge in [-0.25, -0.2) is 9.97 Å². The minimum Gasteiger partial charge on any atom is -0.480 e. The van der Waals surface area contributed by atoms with Crippen molar-refractivity contribution in [1.82, 2.24) is 9.97 Å². The number of nitrogens with zero attached hydrogens (tertiary/aromatic N) is 3. The number of anilines is 1. The fourth-order valence-corrected chi connectivity index (χ4v) is 2.72. The van der Waals surface area contributed by atoms with E-state index in [-0.39, 0.29) is 6.54 Å². The van der Waals surface area contributed by atoms with Crippen LogP contribution in [-0.4, -0.2) is 34.6 Å². The van der Waals surface area contributed by atoms with Gasteiger partial charge in [-0.3, -0.25) is 4.79 Å². The van der Waals surface area contributed by atoms with Crippen LogP contribution in [0.25, 0.3) is 10.2 Å². The molecule has 0 aliphatic rings. The molecule has 0 spiro atoms. The molecule has 5 nitrogen and oxygen atoms in total. The molecule has 0 aromatic carbocycles. The van der Waals surface area contributed by atoms with E-state index in [0.717, 1.165) is 15.8 Å². The predicted octanol–water partition coefficient (Wildman–Crippen LogP) is 1.83. The summed E-state index contributed by atoms with van der Waals surface area (Å²) in [6, 6.07) is 0. The topological polar surface area (TPSA) is 66.3 Å². The quantitative estimate of drug-likeness (QED) is 0.901.